The lowest BCUT2D eigenvalue weighted by Crippen LogP contribution is -2.00. The molecule has 1 rings (SSSR count). The van der Waals surface area contributed by atoms with E-state index in [2.05, 4.69) is 45.6 Å². The van der Waals surface area contributed by atoms with Crippen molar-refractivity contribution in [2.45, 2.75) is 97.8 Å². The van der Waals surface area contributed by atoms with Crippen molar-refractivity contribution in [1.82, 2.24) is 0 Å². The summed E-state index contributed by atoms with van der Waals surface area (Å²) in [5.41, 5.74) is 6.10. The van der Waals surface area contributed by atoms with E-state index in [1.165, 1.54) is 82.6 Å². The normalized spacial score (nSPS) is 10.9. The number of benzene rings is 1. The van der Waals surface area contributed by atoms with Crippen molar-refractivity contribution in [1.29, 1.82) is 0 Å². The molecule has 0 N–H and O–H groups in total. The van der Waals surface area contributed by atoms with Gasteiger partial charge in [-0.15, -0.1) is 0 Å². The average molecular weight is 315 g/mol. The SMILES string of the molecule is C=Cc1c(CCCCC)cc(CCCCC)cc1CCCCC. The lowest BCUT2D eigenvalue weighted by atomic mass is 9.90. The summed E-state index contributed by atoms with van der Waals surface area (Å²) in [6.45, 7) is 11.0. The lowest BCUT2D eigenvalue weighted by molar-refractivity contribution is 0.698. The summed E-state index contributed by atoms with van der Waals surface area (Å²) in [4.78, 5) is 0. The van der Waals surface area contributed by atoms with Crippen LogP contribution in [0.15, 0.2) is 18.7 Å². The van der Waals surface area contributed by atoms with Gasteiger partial charge in [-0.05, 0) is 60.8 Å². The van der Waals surface area contributed by atoms with Crippen molar-refractivity contribution in [3.63, 3.8) is 0 Å². The Bertz CT molecular complexity index is 410. The minimum absolute atomic E-state index is 1.22. The van der Waals surface area contributed by atoms with Gasteiger partial charge in [0.15, 0.2) is 0 Å². The van der Waals surface area contributed by atoms with E-state index in [4.69, 9.17) is 0 Å². The molecule has 1 aromatic carbocycles. The molecule has 0 atom stereocenters. The van der Waals surface area contributed by atoms with Gasteiger partial charge in [-0.3, -0.25) is 0 Å². The van der Waals surface area contributed by atoms with Gasteiger partial charge in [-0.2, -0.15) is 0 Å². The molecule has 0 saturated carbocycles. The molecule has 23 heavy (non-hydrogen) atoms. The van der Waals surface area contributed by atoms with E-state index in [9.17, 15) is 0 Å². The van der Waals surface area contributed by atoms with Crippen LogP contribution in [0, 0.1) is 0 Å². The second kappa shape index (κ2) is 12.4. The zero-order chi connectivity index (χ0) is 16.9. The Labute approximate surface area is 145 Å². The molecule has 0 aliphatic rings. The van der Waals surface area contributed by atoms with Crippen LogP contribution in [-0.4, -0.2) is 0 Å². The first kappa shape index (κ1) is 20.0. The fraction of sp³-hybridized carbons (Fsp3) is 0.652. The third-order valence-corrected chi connectivity index (χ3v) is 4.78. The van der Waals surface area contributed by atoms with Gasteiger partial charge < -0.3 is 0 Å². The summed E-state index contributed by atoms with van der Waals surface area (Å²) >= 11 is 0. The van der Waals surface area contributed by atoms with E-state index >= 15 is 0 Å². The highest BCUT2D eigenvalue weighted by molar-refractivity contribution is 5.58. The van der Waals surface area contributed by atoms with Crippen LogP contribution in [0.2, 0.25) is 0 Å². The lowest BCUT2D eigenvalue weighted by Gasteiger charge is -2.15. The summed E-state index contributed by atoms with van der Waals surface area (Å²) in [6, 6.07) is 4.96. The molecule has 0 spiro atoms. The third kappa shape index (κ3) is 7.38. The molecule has 0 unspecified atom stereocenters. The van der Waals surface area contributed by atoms with Crippen molar-refractivity contribution < 1.29 is 0 Å². The topological polar surface area (TPSA) is 0 Å². The van der Waals surface area contributed by atoms with Crippen LogP contribution in [0.1, 0.15) is 101 Å². The monoisotopic (exact) mass is 314 g/mol. The third-order valence-electron chi connectivity index (χ3n) is 4.78. The standard InChI is InChI=1S/C23H38/c1-5-9-12-15-20-18-21(16-13-10-6-2)23(8-4)22(19-20)17-14-11-7-3/h8,18-19H,4-7,9-17H2,1-3H3. The predicted molar refractivity (Wildman–Crippen MR) is 106 cm³/mol. The molecule has 0 heterocycles. The Balaban J connectivity index is 2.94. The van der Waals surface area contributed by atoms with E-state index in [1.54, 1.807) is 16.7 Å². The molecule has 0 aromatic heterocycles. The van der Waals surface area contributed by atoms with Crippen molar-refractivity contribution >= 4 is 6.08 Å². The molecule has 0 aliphatic heterocycles. The van der Waals surface area contributed by atoms with Crippen LogP contribution in [0.5, 0.6) is 0 Å². The molecule has 0 saturated heterocycles. The van der Waals surface area contributed by atoms with Crippen molar-refractivity contribution in [3.8, 4) is 0 Å². The molecule has 130 valence electrons. The first-order chi connectivity index (χ1) is 11.3. The molecule has 0 amide bonds. The van der Waals surface area contributed by atoms with Crippen LogP contribution in [0.4, 0.5) is 0 Å². The minimum atomic E-state index is 1.22. The molecular weight excluding hydrogens is 276 g/mol. The quantitative estimate of drug-likeness (QED) is 0.330. The molecule has 0 aliphatic carbocycles. The molecule has 0 radical (unpaired) electrons. The van der Waals surface area contributed by atoms with Gasteiger partial charge in [0.05, 0.1) is 0 Å². The second-order valence-electron chi connectivity index (χ2n) is 6.90. The highest BCUT2D eigenvalue weighted by Crippen LogP contribution is 2.24. The van der Waals surface area contributed by atoms with Gasteiger partial charge in [0.25, 0.3) is 0 Å². The highest BCUT2D eigenvalue weighted by atomic mass is 14.1. The molecule has 0 bridgehead atoms. The van der Waals surface area contributed by atoms with Gasteiger partial charge >= 0.3 is 0 Å². The second-order valence-corrected chi connectivity index (χ2v) is 6.90. The largest absolute Gasteiger partial charge is 0.0984 e. The van der Waals surface area contributed by atoms with E-state index in [0.717, 1.165) is 0 Å². The summed E-state index contributed by atoms with van der Waals surface area (Å²) in [7, 11) is 0. The van der Waals surface area contributed by atoms with Crippen molar-refractivity contribution in [2.75, 3.05) is 0 Å². The molecule has 0 fully saturated rings. The highest BCUT2D eigenvalue weighted by Gasteiger charge is 2.09. The fourth-order valence-corrected chi connectivity index (χ4v) is 3.38. The summed E-state index contributed by atoms with van der Waals surface area (Å²) in [5.74, 6) is 0. The van der Waals surface area contributed by atoms with Crippen LogP contribution < -0.4 is 0 Å². The Hall–Kier alpha value is -1.04. The Morgan fingerprint density at radius 3 is 1.52 bits per heavy atom. The minimum Gasteiger partial charge on any atom is -0.0984 e. The summed E-state index contributed by atoms with van der Waals surface area (Å²) < 4.78 is 0. The van der Waals surface area contributed by atoms with Crippen molar-refractivity contribution in [3.05, 3.63) is 41.0 Å². The number of hydrogen-bond acceptors (Lipinski definition) is 0. The maximum Gasteiger partial charge on any atom is -0.0198 e. The van der Waals surface area contributed by atoms with Crippen LogP contribution in [0.25, 0.3) is 6.08 Å². The Kier molecular flexibility index (Phi) is 10.8. The van der Waals surface area contributed by atoms with Crippen LogP contribution >= 0.6 is 0 Å². The predicted octanol–water partition coefficient (Wildman–Crippen LogP) is 7.53. The maximum absolute atomic E-state index is 4.11. The van der Waals surface area contributed by atoms with E-state index in [0.29, 0.717) is 0 Å². The summed E-state index contributed by atoms with van der Waals surface area (Å²) in [5, 5.41) is 0. The molecule has 0 nitrogen and oxygen atoms in total. The van der Waals surface area contributed by atoms with E-state index in [1.807, 2.05) is 0 Å². The fourth-order valence-electron chi connectivity index (χ4n) is 3.38. The average Bonchev–Trinajstić information content (AvgIpc) is 2.55. The maximum atomic E-state index is 4.11. The summed E-state index contributed by atoms with van der Waals surface area (Å²) in [6.07, 6.45) is 17.6. The molecular formula is C23H38. The Morgan fingerprint density at radius 2 is 1.13 bits per heavy atom. The first-order valence-electron chi connectivity index (χ1n) is 10.0. The zero-order valence-electron chi connectivity index (χ0n) is 15.9. The van der Waals surface area contributed by atoms with Gasteiger partial charge in [0, 0.05) is 0 Å². The molecule has 0 heteroatoms. The van der Waals surface area contributed by atoms with Crippen molar-refractivity contribution in [2.24, 2.45) is 0 Å². The van der Waals surface area contributed by atoms with Crippen LogP contribution in [0.3, 0.4) is 0 Å². The number of unbranched alkanes of at least 4 members (excludes halogenated alkanes) is 6. The van der Waals surface area contributed by atoms with Gasteiger partial charge in [0.1, 0.15) is 0 Å². The zero-order valence-corrected chi connectivity index (χ0v) is 15.9. The van der Waals surface area contributed by atoms with Gasteiger partial charge in [0.2, 0.25) is 0 Å². The molecule has 1 aromatic rings. The smallest absolute Gasteiger partial charge is 0.0198 e. The number of rotatable bonds is 13. The Morgan fingerprint density at radius 1 is 0.696 bits per heavy atom. The van der Waals surface area contributed by atoms with E-state index in [-0.39, 0.29) is 0 Å². The van der Waals surface area contributed by atoms with Gasteiger partial charge in [-0.1, -0.05) is 84.1 Å². The van der Waals surface area contributed by atoms with E-state index < -0.39 is 0 Å². The number of hydrogen-bond donors (Lipinski definition) is 0. The number of aryl methyl sites for hydroxylation is 3. The van der Waals surface area contributed by atoms with Gasteiger partial charge in [-0.25, -0.2) is 0 Å². The van der Waals surface area contributed by atoms with Crippen LogP contribution in [-0.2, 0) is 19.3 Å². The first-order valence-corrected chi connectivity index (χ1v) is 10.0.